The summed E-state index contributed by atoms with van der Waals surface area (Å²) < 4.78 is 11.1. The van der Waals surface area contributed by atoms with Crippen molar-refractivity contribution in [1.82, 2.24) is 5.32 Å². The van der Waals surface area contributed by atoms with E-state index in [9.17, 15) is 0 Å². The van der Waals surface area contributed by atoms with E-state index in [0.29, 0.717) is 0 Å². The molecule has 3 heteroatoms. The maximum atomic E-state index is 5.76. The van der Waals surface area contributed by atoms with Gasteiger partial charge < -0.3 is 14.8 Å². The summed E-state index contributed by atoms with van der Waals surface area (Å²) >= 11 is 0. The minimum atomic E-state index is 0.115. The van der Waals surface area contributed by atoms with Gasteiger partial charge in [-0.1, -0.05) is 25.0 Å². The van der Waals surface area contributed by atoms with Gasteiger partial charge in [0.2, 0.25) is 0 Å². The zero-order valence-corrected chi connectivity index (χ0v) is 11.1. The lowest BCUT2D eigenvalue weighted by atomic mass is 10.1. The molecule has 0 fully saturated rings. The van der Waals surface area contributed by atoms with Gasteiger partial charge in [-0.25, -0.2) is 0 Å². The highest BCUT2D eigenvalue weighted by Crippen LogP contribution is 2.17. The van der Waals surface area contributed by atoms with E-state index in [0.717, 1.165) is 31.8 Å². The van der Waals surface area contributed by atoms with Gasteiger partial charge >= 0.3 is 0 Å². The summed E-state index contributed by atoms with van der Waals surface area (Å²) in [6, 6.07) is 0. The van der Waals surface area contributed by atoms with Gasteiger partial charge in [0, 0.05) is 7.11 Å². The van der Waals surface area contributed by atoms with E-state index in [1.54, 1.807) is 7.11 Å². The van der Waals surface area contributed by atoms with Crippen molar-refractivity contribution in [1.29, 1.82) is 0 Å². The predicted octanol–water partition coefficient (Wildman–Crippen LogP) is 2.64. The molecule has 1 rings (SSSR count). The van der Waals surface area contributed by atoms with Crippen LogP contribution in [0.4, 0.5) is 0 Å². The summed E-state index contributed by atoms with van der Waals surface area (Å²) in [5.74, 6) is 0.977. The van der Waals surface area contributed by atoms with Crippen molar-refractivity contribution in [2.24, 2.45) is 0 Å². The molecule has 3 nitrogen and oxygen atoms in total. The van der Waals surface area contributed by atoms with Gasteiger partial charge in [-0.15, -0.1) is 0 Å². The molecule has 1 aliphatic rings. The first kappa shape index (κ1) is 14.3. The van der Waals surface area contributed by atoms with Crippen LogP contribution in [-0.2, 0) is 9.47 Å². The molecule has 0 amide bonds. The largest absolute Gasteiger partial charge is 0.495 e. The second-order valence-electron chi connectivity index (χ2n) is 4.32. The molecule has 1 aliphatic carbocycles. The van der Waals surface area contributed by atoms with Crippen molar-refractivity contribution in [2.45, 2.75) is 38.2 Å². The van der Waals surface area contributed by atoms with Crippen LogP contribution < -0.4 is 5.32 Å². The summed E-state index contributed by atoms with van der Waals surface area (Å²) in [5.41, 5.74) is 0. The smallest absolute Gasteiger partial charge is 0.125 e. The van der Waals surface area contributed by atoms with Crippen LogP contribution in [0.2, 0.25) is 0 Å². The van der Waals surface area contributed by atoms with E-state index in [2.05, 4.69) is 11.4 Å². The number of allylic oxidation sites excluding steroid dienone is 2. The molecule has 17 heavy (non-hydrogen) atoms. The monoisotopic (exact) mass is 239 g/mol. The molecule has 0 aromatic rings. The van der Waals surface area contributed by atoms with Gasteiger partial charge in [-0.3, -0.25) is 0 Å². The van der Waals surface area contributed by atoms with Gasteiger partial charge in [0.05, 0.1) is 6.61 Å². The Balaban J connectivity index is 2.05. The van der Waals surface area contributed by atoms with Crippen molar-refractivity contribution in [2.75, 3.05) is 27.3 Å². The van der Waals surface area contributed by atoms with E-state index >= 15 is 0 Å². The quantitative estimate of drug-likeness (QED) is 0.627. The highest BCUT2D eigenvalue weighted by atomic mass is 16.5. The molecule has 0 spiro atoms. The Labute approximate surface area is 105 Å². The second kappa shape index (κ2) is 9.25. The number of methoxy groups -OCH3 is 1. The predicted molar refractivity (Wildman–Crippen MR) is 71.0 cm³/mol. The van der Waals surface area contributed by atoms with Crippen molar-refractivity contribution >= 4 is 0 Å². The second-order valence-corrected chi connectivity index (χ2v) is 4.32. The van der Waals surface area contributed by atoms with E-state index in [-0.39, 0.29) is 6.10 Å². The van der Waals surface area contributed by atoms with Crippen LogP contribution in [0.15, 0.2) is 24.0 Å². The third-order valence-corrected chi connectivity index (χ3v) is 2.94. The highest BCUT2D eigenvalue weighted by molar-refractivity contribution is 5.17. The summed E-state index contributed by atoms with van der Waals surface area (Å²) in [4.78, 5) is 0. The lowest BCUT2D eigenvalue weighted by Gasteiger charge is -2.20. The fourth-order valence-electron chi connectivity index (χ4n) is 1.89. The maximum absolute atomic E-state index is 5.76. The molecule has 1 unspecified atom stereocenters. The van der Waals surface area contributed by atoms with Gasteiger partial charge in [0.1, 0.15) is 11.9 Å². The summed E-state index contributed by atoms with van der Waals surface area (Å²) in [6.07, 6.45) is 12.1. The molecule has 0 heterocycles. The standard InChI is InChI=1S/C14H25NO2/c1-15-11-7-3-4-8-12-17-14-10-6-5-9-13(14)16-2/h5-6,10,13,15H,3-4,7-9,11-12H2,1-2H3. The average molecular weight is 239 g/mol. The Hall–Kier alpha value is -0.800. The van der Waals surface area contributed by atoms with E-state index < -0.39 is 0 Å². The first-order valence-corrected chi connectivity index (χ1v) is 6.55. The molecule has 0 saturated heterocycles. The summed E-state index contributed by atoms with van der Waals surface area (Å²) in [7, 11) is 3.73. The first-order valence-electron chi connectivity index (χ1n) is 6.55. The Morgan fingerprint density at radius 1 is 1.29 bits per heavy atom. The molecule has 0 aliphatic heterocycles. The number of hydrogen-bond acceptors (Lipinski definition) is 3. The van der Waals surface area contributed by atoms with Crippen molar-refractivity contribution in [3.63, 3.8) is 0 Å². The van der Waals surface area contributed by atoms with E-state index in [1.165, 1.54) is 19.3 Å². The van der Waals surface area contributed by atoms with Crippen LogP contribution in [0.5, 0.6) is 0 Å². The summed E-state index contributed by atoms with van der Waals surface area (Å²) in [5, 5.41) is 3.16. The van der Waals surface area contributed by atoms with E-state index in [1.807, 2.05) is 19.2 Å². The van der Waals surface area contributed by atoms with Gasteiger partial charge in [-0.05, 0) is 38.9 Å². The topological polar surface area (TPSA) is 30.5 Å². The van der Waals surface area contributed by atoms with Crippen LogP contribution in [0, 0.1) is 0 Å². The maximum Gasteiger partial charge on any atom is 0.125 e. The molecule has 98 valence electrons. The fraction of sp³-hybridized carbons (Fsp3) is 0.714. The molecule has 0 aromatic carbocycles. The van der Waals surface area contributed by atoms with Crippen molar-refractivity contribution in [3.8, 4) is 0 Å². The molecular weight excluding hydrogens is 214 g/mol. The number of hydrogen-bond donors (Lipinski definition) is 1. The van der Waals surface area contributed by atoms with Crippen molar-refractivity contribution in [3.05, 3.63) is 24.0 Å². The molecule has 1 atom stereocenters. The minimum Gasteiger partial charge on any atom is -0.495 e. The molecule has 0 radical (unpaired) electrons. The minimum absolute atomic E-state index is 0.115. The van der Waals surface area contributed by atoms with Crippen molar-refractivity contribution < 1.29 is 9.47 Å². The Morgan fingerprint density at radius 3 is 2.88 bits per heavy atom. The Bertz CT molecular complexity index is 249. The van der Waals surface area contributed by atoms with Crippen LogP contribution in [0.3, 0.4) is 0 Å². The SMILES string of the molecule is CNCCCCCCOC1=CC=CCC1OC. The molecule has 0 aromatic heterocycles. The lowest BCUT2D eigenvalue weighted by molar-refractivity contribution is 0.0622. The molecular formula is C14H25NO2. The van der Waals surface area contributed by atoms with Crippen LogP contribution >= 0.6 is 0 Å². The normalized spacial score (nSPS) is 19.2. The molecule has 0 bridgehead atoms. The first-order chi connectivity index (χ1) is 8.38. The van der Waals surface area contributed by atoms with Gasteiger partial charge in [0.15, 0.2) is 0 Å². The van der Waals surface area contributed by atoms with E-state index in [4.69, 9.17) is 9.47 Å². The number of ether oxygens (including phenoxy) is 2. The number of unbranched alkanes of at least 4 members (excludes halogenated alkanes) is 3. The number of nitrogens with one attached hydrogen (secondary N) is 1. The Kier molecular flexibility index (Phi) is 7.76. The lowest BCUT2D eigenvalue weighted by Crippen LogP contribution is -2.17. The average Bonchev–Trinajstić information content (AvgIpc) is 2.38. The van der Waals surface area contributed by atoms with Crippen LogP contribution in [0.1, 0.15) is 32.1 Å². The third-order valence-electron chi connectivity index (χ3n) is 2.94. The van der Waals surface area contributed by atoms with Gasteiger partial charge in [0.25, 0.3) is 0 Å². The molecule has 0 saturated carbocycles. The van der Waals surface area contributed by atoms with Gasteiger partial charge in [-0.2, -0.15) is 0 Å². The zero-order valence-electron chi connectivity index (χ0n) is 11.1. The third kappa shape index (κ3) is 5.89. The van der Waals surface area contributed by atoms with Crippen LogP contribution in [0.25, 0.3) is 0 Å². The zero-order chi connectivity index (χ0) is 12.3. The van der Waals surface area contributed by atoms with Crippen LogP contribution in [-0.4, -0.2) is 33.4 Å². The Morgan fingerprint density at radius 2 is 2.12 bits per heavy atom. The molecule has 1 N–H and O–H groups in total. The fourth-order valence-corrected chi connectivity index (χ4v) is 1.89. The summed E-state index contributed by atoms with van der Waals surface area (Å²) in [6.45, 7) is 1.92. The number of rotatable bonds is 9. The highest BCUT2D eigenvalue weighted by Gasteiger charge is 2.15.